The van der Waals surface area contributed by atoms with Crippen LogP contribution in [0, 0.1) is 0 Å². The molecule has 0 amide bonds. The van der Waals surface area contributed by atoms with Gasteiger partial charge in [-0.05, 0) is 29.8 Å². The number of hydrogen-bond acceptors (Lipinski definition) is 3. The maximum absolute atomic E-state index is 6.09. The Morgan fingerprint density at radius 1 is 1.41 bits per heavy atom. The van der Waals surface area contributed by atoms with Crippen LogP contribution >= 0.6 is 11.6 Å². The van der Waals surface area contributed by atoms with Gasteiger partial charge in [0, 0.05) is 18.1 Å². The molecular weight excluding hydrogens is 236 g/mol. The molecule has 1 aromatic heterocycles. The number of pyridine rings is 1. The van der Waals surface area contributed by atoms with E-state index in [1.165, 1.54) is 0 Å². The van der Waals surface area contributed by atoms with Crippen molar-refractivity contribution in [3.8, 4) is 5.75 Å². The Hall–Kier alpha value is -1.58. The van der Waals surface area contributed by atoms with E-state index in [2.05, 4.69) is 11.6 Å². The van der Waals surface area contributed by atoms with Crippen LogP contribution in [0.5, 0.6) is 5.75 Å². The lowest BCUT2D eigenvalue weighted by molar-refractivity contribution is 0.354. The number of nitrogens with two attached hydrogens (primary N) is 1. The molecule has 4 heteroatoms. The van der Waals surface area contributed by atoms with Crippen molar-refractivity contribution in [2.24, 2.45) is 5.73 Å². The van der Waals surface area contributed by atoms with Crippen molar-refractivity contribution in [1.82, 2.24) is 4.98 Å². The first-order valence-electron chi connectivity index (χ1n) is 5.25. The summed E-state index contributed by atoms with van der Waals surface area (Å²) in [5.41, 5.74) is 7.05. The third-order valence-corrected chi connectivity index (χ3v) is 2.73. The Morgan fingerprint density at radius 3 is 3.00 bits per heavy atom. The summed E-state index contributed by atoms with van der Waals surface area (Å²) in [6.45, 7) is 4.60. The minimum Gasteiger partial charge on any atom is -0.487 e. The summed E-state index contributed by atoms with van der Waals surface area (Å²) in [5.74, 6) is 0.694. The van der Waals surface area contributed by atoms with Crippen molar-refractivity contribution in [1.29, 1.82) is 0 Å². The summed E-state index contributed by atoms with van der Waals surface area (Å²) in [6.07, 6.45) is 1.71. The van der Waals surface area contributed by atoms with E-state index in [-0.39, 0.29) is 0 Å². The zero-order chi connectivity index (χ0) is 12.3. The molecule has 0 spiro atoms. The van der Waals surface area contributed by atoms with E-state index in [0.29, 0.717) is 23.9 Å². The zero-order valence-electron chi connectivity index (χ0n) is 9.32. The molecule has 0 unspecified atom stereocenters. The molecule has 2 aromatic rings. The lowest BCUT2D eigenvalue weighted by Gasteiger charge is -2.10. The van der Waals surface area contributed by atoms with E-state index in [1.807, 2.05) is 18.2 Å². The van der Waals surface area contributed by atoms with Gasteiger partial charge in [0.05, 0.1) is 5.02 Å². The van der Waals surface area contributed by atoms with Crippen molar-refractivity contribution in [2.45, 2.75) is 0 Å². The molecule has 0 atom stereocenters. The normalized spacial score (nSPS) is 10.5. The monoisotopic (exact) mass is 248 g/mol. The molecule has 0 fully saturated rings. The van der Waals surface area contributed by atoms with Gasteiger partial charge in [0.1, 0.15) is 17.9 Å². The van der Waals surface area contributed by atoms with Gasteiger partial charge in [-0.1, -0.05) is 18.2 Å². The summed E-state index contributed by atoms with van der Waals surface area (Å²) in [5, 5.41) is 1.54. The molecule has 2 rings (SSSR count). The highest BCUT2D eigenvalue weighted by Crippen LogP contribution is 2.29. The molecule has 1 aromatic carbocycles. The number of benzene rings is 1. The fourth-order valence-corrected chi connectivity index (χ4v) is 1.68. The van der Waals surface area contributed by atoms with Gasteiger partial charge < -0.3 is 10.5 Å². The lowest BCUT2D eigenvalue weighted by Crippen LogP contribution is -2.10. The Kier molecular flexibility index (Phi) is 3.61. The standard InChI is InChI=1S/C13H13ClN2O/c1-9(7-15)8-17-12-5-4-11(14)10-3-2-6-16-13(10)12/h2-6H,1,7-8,15H2. The van der Waals surface area contributed by atoms with Gasteiger partial charge in [-0.15, -0.1) is 0 Å². The average molecular weight is 249 g/mol. The van der Waals surface area contributed by atoms with Crippen molar-refractivity contribution in [2.75, 3.05) is 13.2 Å². The molecule has 0 saturated heterocycles. The summed E-state index contributed by atoms with van der Waals surface area (Å²) >= 11 is 6.09. The summed E-state index contributed by atoms with van der Waals surface area (Å²) in [4.78, 5) is 4.28. The first-order valence-corrected chi connectivity index (χ1v) is 5.63. The first kappa shape index (κ1) is 11.9. The average Bonchev–Trinajstić information content (AvgIpc) is 2.38. The smallest absolute Gasteiger partial charge is 0.146 e. The Labute approximate surface area is 105 Å². The molecule has 0 aliphatic carbocycles. The van der Waals surface area contributed by atoms with Crippen molar-refractivity contribution in [3.63, 3.8) is 0 Å². The first-order chi connectivity index (χ1) is 8.22. The Balaban J connectivity index is 2.35. The molecule has 0 aliphatic heterocycles. The summed E-state index contributed by atoms with van der Waals surface area (Å²) in [6, 6.07) is 7.36. The molecule has 0 aliphatic rings. The van der Waals surface area contributed by atoms with Gasteiger partial charge in [0.2, 0.25) is 0 Å². The molecule has 2 N–H and O–H groups in total. The quantitative estimate of drug-likeness (QED) is 0.847. The zero-order valence-corrected chi connectivity index (χ0v) is 10.1. The third kappa shape index (κ3) is 2.57. The number of nitrogens with zero attached hydrogens (tertiary/aromatic N) is 1. The molecule has 88 valence electrons. The van der Waals surface area contributed by atoms with Gasteiger partial charge in [-0.3, -0.25) is 4.98 Å². The predicted molar refractivity (Wildman–Crippen MR) is 70.4 cm³/mol. The van der Waals surface area contributed by atoms with Crippen LogP contribution in [-0.4, -0.2) is 18.1 Å². The van der Waals surface area contributed by atoms with Gasteiger partial charge in [0.15, 0.2) is 0 Å². The van der Waals surface area contributed by atoms with Crippen LogP contribution in [-0.2, 0) is 0 Å². The van der Waals surface area contributed by atoms with Crippen LogP contribution in [0.4, 0.5) is 0 Å². The lowest BCUT2D eigenvalue weighted by atomic mass is 10.2. The van der Waals surface area contributed by atoms with E-state index < -0.39 is 0 Å². The van der Waals surface area contributed by atoms with Gasteiger partial charge in [-0.2, -0.15) is 0 Å². The van der Waals surface area contributed by atoms with Gasteiger partial charge in [-0.25, -0.2) is 0 Å². The molecule has 0 radical (unpaired) electrons. The van der Waals surface area contributed by atoms with E-state index >= 15 is 0 Å². The Bertz CT molecular complexity index is 554. The molecular formula is C13H13ClN2O. The topological polar surface area (TPSA) is 48.1 Å². The van der Waals surface area contributed by atoms with Crippen molar-refractivity contribution < 1.29 is 4.74 Å². The highest BCUT2D eigenvalue weighted by molar-refractivity contribution is 6.35. The second kappa shape index (κ2) is 5.17. The molecule has 17 heavy (non-hydrogen) atoms. The van der Waals surface area contributed by atoms with E-state index in [0.717, 1.165) is 16.5 Å². The molecule has 0 bridgehead atoms. The second-order valence-corrected chi connectivity index (χ2v) is 4.10. The van der Waals surface area contributed by atoms with Gasteiger partial charge >= 0.3 is 0 Å². The van der Waals surface area contributed by atoms with Gasteiger partial charge in [0.25, 0.3) is 0 Å². The predicted octanol–water partition coefficient (Wildman–Crippen LogP) is 2.78. The third-order valence-electron chi connectivity index (χ3n) is 2.40. The number of rotatable bonds is 4. The largest absolute Gasteiger partial charge is 0.487 e. The van der Waals surface area contributed by atoms with Crippen LogP contribution in [0.1, 0.15) is 0 Å². The van der Waals surface area contributed by atoms with E-state index in [4.69, 9.17) is 22.1 Å². The second-order valence-electron chi connectivity index (χ2n) is 3.69. The summed E-state index contributed by atoms with van der Waals surface area (Å²) in [7, 11) is 0. The van der Waals surface area contributed by atoms with Crippen LogP contribution in [0.2, 0.25) is 5.02 Å². The van der Waals surface area contributed by atoms with Crippen LogP contribution in [0.25, 0.3) is 10.9 Å². The van der Waals surface area contributed by atoms with E-state index in [1.54, 1.807) is 12.3 Å². The molecule has 0 saturated carbocycles. The maximum atomic E-state index is 6.09. The summed E-state index contributed by atoms with van der Waals surface area (Å²) < 4.78 is 5.63. The fraction of sp³-hybridized carbons (Fsp3) is 0.154. The van der Waals surface area contributed by atoms with Crippen molar-refractivity contribution >= 4 is 22.5 Å². The number of aromatic nitrogens is 1. The van der Waals surface area contributed by atoms with Crippen LogP contribution in [0.3, 0.4) is 0 Å². The van der Waals surface area contributed by atoms with E-state index in [9.17, 15) is 0 Å². The fourth-order valence-electron chi connectivity index (χ4n) is 1.47. The van der Waals surface area contributed by atoms with Crippen LogP contribution in [0.15, 0.2) is 42.6 Å². The SMILES string of the molecule is C=C(CN)COc1ccc(Cl)c2cccnc12. The number of ether oxygens (including phenoxy) is 1. The minimum atomic E-state index is 0.393. The number of hydrogen-bond donors (Lipinski definition) is 1. The number of fused-ring (bicyclic) bond motifs is 1. The van der Waals surface area contributed by atoms with Crippen molar-refractivity contribution in [3.05, 3.63) is 47.6 Å². The van der Waals surface area contributed by atoms with Crippen LogP contribution < -0.4 is 10.5 Å². The maximum Gasteiger partial charge on any atom is 0.146 e. The minimum absolute atomic E-state index is 0.393. The highest BCUT2D eigenvalue weighted by atomic mass is 35.5. The molecule has 1 heterocycles. The highest BCUT2D eigenvalue weighted by Gasteiger charge is 2.06. The molecule has 3 nitrogen and oxygen atoms in total. The Morgan fingerprint density at radius 2 is 2.24 bits per heavy atom. The number of halogens is 1.